The molecule has 6 heteroatoms. The Kier molecular flexibility index (Phi) is 3.52. The average molecular weight is 312 g/mol. The van der Waals surface area contributed by atoms with E-state index in [0.29, 0.717) is 5.71 Å². The summed E-state index contributed by atoms with van der Waals surface area (Å²) >= 11 is 3.36. The van der Waals surface area contributed by atoms with Crippen molar-refractivity contribution in [2.75, 3.05) is 5.01 Å². The number of benzene rings is 1. The SMILES string of the molecule is CC1=NN(c2ccc(Br)cc2)C(C=O)C1(C)NO. The number of aldehydes is 1. The minimum atomic E-state index is -0.866. The molecular weight excluding hydrogens is 298 g/mol. The van der Waals surface area contributed by atoms with Crippen LogP contribution in [0.5, 0.6) is 0 Å². The Hall–Kier alpha value is -1.24. The van der Waals surface area contributed by atoms with Gasteiger partial charge in [0.15, 0.2) is 0 Å². The van der Waals surface area contributed by atoms with Gasteiger partial charge in [-0.1, -0.05) is 15.9 Å². The third-order valence-electron chi connectivity index (χ3n) is 3.32. The van der Waals surface area contributed by atoms with Gasteiger partial charge < -0.3 is 10.0 Å². The van der Waals surface area contributed by atoms with Gasteiger partial charge in [0.2, 0.25) is 0 Å². The fourth-order valence-corrected chi connectivity index (χ4v) is 2.20. The fourth-order valence-electron chi connectivity index (χ4n) is 1.94. The summed E-state index contributed by atoms with van der Waals surface area (Å²) in [6.07, 6.45) is 0.783. The predicted octanol–water partition coefficient (Wildman–Crippen LogP) is 1.95. The van der Waals surface area contributed by atoms with E-state index in [-0.39, 0.29) is 0 Å². The van der Waals surface area contributed by atoms with Gasteiger partial charge in [-0.3, -0.25) is 5.01 Å². The maximum Gasteiger partial charge on any atom is 0.146 e. The molecule has 2 atom stereocenters. The molecule has 1 aliphatic heterocycles. The van der Waals surface area contributed by atoms with Crippen molar-refractivity contribution < 1.29 is 10.0 Å². The second kappa shape index (κ2) is 4.79. The molecule has 0 saturated carbocycles. The molecular formula is C12H14BrN3O2. The van der Waals surface area contributed by atoms with Gasteiger partial charge in [0, 0.05) is 4.47 Å². The van der Waals surface area contributed by atoms with Crippen molar-refractivity contribution in [2.24, 2.45) is 5.10 Å². The largest absolute Gasteiger partial charge is 0.316 e. The van der Waals surface area contributed by atoms with Crippen LogP contribution in [-0.4, -0.2) is 28.8 Å². The Balaban J connectivity index is 2.40. The van der Waals surface area contributed by atoms with E-state index in [4.69, 9.17) is 0 Å². The monoisotopic (exact) mass is 311 g/mol. The molecule has 0 saturated heterocycles. The van der Waals surface area contributed by atoms with Gasteiger partial charge in [0.05, 0.1) is 11.4 Å². The summed E-state index contributed by atoms with van der Waals surface area (Å²) in [5, 5.41) is 15.2. The standard InChI is InChI=1S/C12H14BrN3O2/c1-8-12(2,15-18)11(7-17)16(14-8)10-5-3-9(13)4-6-10/h3-7,11,15,18H,1-2H3. The number of anilines is 1. The highest BCUT2D eigenvalue weighted by Crippen LogP contribution is 2.30. The van der Waals surface area contributed by atoms with Crippen molar-refractivity contribution in [1.29, 1.82) is 0 Å². The number of nitrogens with one attached hydrogen (secondary N) is 1. The van der Waals surface area contributed by atoms with Crippen LogP contribution in [0.2, 0.25) is 0 Å². The third kappa shape index (κ3) is 1.96. The van der Waals surface area contributed by atoms with Gasteiger partial charge in [-0.05, 0) is 38.1 Å². The quantitative estimate of drug-likeness (QED) is 0.661. The van der Waals surface area contributed by atoms with E-state index in [2.05, 4.69) is 26.5 Å². The first-order chi connectivity index (χ1) is 8.52. The molecule has 0 radical (unpaired) electrons. The van der Waals surface area contributed by atoms with E-state index >= 15 is 0 Å². The van der Waals surface area contributed by atoms with Crippen LogP contribution in [0.15, 0.2) is 33.8 Å². The lowest BCUT2D eigenvalue weighted by Gasteiger charge is -2.30. The lowest BCUT2D eigenvalue weighted by molar-refractivity contribution is -0.110. The van der Waals surface area contributed by atoms with Gasteiger partial charge >= 0.3 is 0 Å². The zero-order valence-corrected chi connectivity index (χ0v) is 11.7. The molecule has 2 N–H and O–H groups in total. The second-order valence-electron chi connectivity index (χ2n) is 4.40. The van der Waals surface area contributed by atoms with Crippen molar-refractivity contribution in [3.63, 3.8) is 0 Å². The van der Waals surface area contributed by atoms with Crippen LogP contribution in [0.25, 0.3) is 0 Å². The van der Waals surface area contributed by atoms with Crippen molar-refractivity contribution in [1.82, 2.24) is 5.48 Å². The number of nitrogens with zero attached hydrogens (tertiary/aromatic N) is 2. The first kappa shape index (κ1) is 13.2. The molecule has 0 amide bonds. The predicted molar refractivity (Wildman–Crippen MR) is 72.9 cm³/mol. The summed E-state index contributed by atoms with van der Waals surface area (Å²) in [4.78, 5) is 11.3. The van der Waals surface area contributed by atoms with Crippen LogP contribution in [0.4, 0.5) is 5.69 Å². The molecule has 0 fully saturated rings. The Morgan fingerprint density at radius 3 is 2.61 bits per heavy atom. The van der Waals surface area contributed by atoms with Crippen LogP contribution in [-0.2, 0) is 4.79 Å². The molecule has 1 aromatic rings. The highest BCUT2D eigenvalue weighted by atomic mass is 79.9. The number of hydrogen-bond donors (Lipinski definition) is 2. The summed E-state index contributed by atoms with van der Waals surface area (Å²) in [6, 6.07) is 6.90. The Bertz CT molecular complexity index is 489. The number of carbonyl (C=O) groups excluding carboxylic acids is 1. The maximum absolute atomic E-state index is 11.3. The first-order valence-corrected chi connectivity index (χ1v) is 6.29. The van der Waals surface area contributed by atoms with Gasteiger partial charge in [-0.15, -0.1) is 0 Å². The molecule has 2 unspecified atom stereocenters. The summed E-state index contributed by atoms with van der Waals surface area (Å²) < 4.78 is 0.955. The molecule has 5 nitrogen and oxygen atoms in total. The number of rotatable bonds is 3. The lowest BCUT2D eigenvalue weighted by atomic mass is 9.90. The van der Waals surface area contributed by atoms with E-state index < -0.39 is 11.6 Å². The molecule has 0 aromatic heterocycles. The lowest BCUT2D eigenvalue weighted by Crippen LogP contribution is -2.57. The highest BCUT2D eigenvalue weighted by molar-refractivity contribution is 9.10. The van der Waals surface area contributed by atoms with Crippen molar-refractivity contribution >= 4 is 33.6 Å². The second-order valence-corrected chi connectivity index (χ2v) is 5.32. The molecule has 0 aliphatic carbocycles. The van der Waals surface area contributed by atoms with Crippen LogP contribution < -0.4 is 10.5 Å². The van der Waals surface area contributed by atoms with Gasteiger partial charge in [-0.2, -0.15) is 10.6 Å². The number of carbonyl (C=O) groups is 1. The zero-order valence-electron chi connectivity index (χ0n) is 10.1. The molecule has 1 aliphatic rings. The van der Waals surface area contributed by atoms with Crippen LogP contribution in [0.3, 0.4) is 0 Å². The van der Waals surface area contributed by atoms with Crippen molar-refractivity contribution in [3.8, 4) is 0 Å². The normalized spacial score (nSPS) is 27.2. The van der Waals surface area contributed by atoms with E-state index in [1.807, 2.05) is 24.3 Å². The molecule has 1 aromatic carbocycles. The molecule has 18 heavy (non-hydrogen) atoms. The number of hydrazone groups is 1. The number of hydroxylamine groups is 1. The molecule has 0 bridgehead atoms. The van der Waals surface area contributed by atoms with E-state index in [9.17, 15) is 10.0 Å². The van der Waals surface area contributed by atoms with E-state index in [0.717, 1.165) is 16.4 Å². The van der Waals surface area contributed by atoms with Gasteiger partial charge in [-0.25, -0.2) is 0 Å². The molecule has 0 spiro atoms. The summed E-state index contributed by atoms with van der Waals surface area (Å²) in [5.74, 6) is 0. The summed E-state index contributed by atoms with van der Waals surface area (Å²) in [5.41, 5.74) is 2.78. The smallest absolute Gasteiger partial charge is 0.146 e. The highest BCUT2D eigenvalue weighted by Gasteiger charge is 2.46. The Morgan fingerprint density at radius 2 is 2.11 bits per heavy atom. The van der Waals surface area contributed by atoms with Gasteiger partial charge in [0.25, 0.3) is 0 Å². The van der Waals surface area contributed by atoms with Crippen LogP contribution >= 0.6 is 15.9 Å². The summed E-state index contributed by atoms with van der Waals surface area (Å²) in [7, 11) is 0. The Labute approximate surface area is 114 Å². The molecule has 96 valence electrons. The Morgan fingerprint density at radius 1 is 1.50 bits per heavy atom. The van der Waals surface area contributed by atoms with Crippen molar-refractivity contribution in [3.05, 3.63) is 28.7 Å². The third-order valence-corrected chi connectivity index (χ3v) is 3.85. The minimum absolute atomic E-state index is 0.580. The molecule has 2 rings (SSSR count). The first-order valence-electron chi connectivity index (χ1n) is 5.50. The average Bonchev–Trinajstić information content (AvgIpc) is 2.63. The van der Waals surface area contributed by atoms with Crippen molar-refractivity contribution in [2.45, 2.75) is 25.4 Å². The summed E-state index contributed by atoms with van der Waals surface area (Å²) in [6.45, 7) is 3.52. The van der Waals surface area contributed by atoms with Crippen LogP contribution in [0.1, 0.15) is 13.8 Å². The minimum Gasteiger partial charge on any atom is -0.316 e. The van der Waals surface area contributed by atoms with Gasteiger partial charge in [0.1, 0.15) is 17.9 Å². The fraction of sp³-hybridized carbons (Fsp3) is 0.333. The maximum atomic E-state index is 11.3. The number of hydrogen-bond acceptors (Lipinski definition) is 5. The van der Waals surface area contributed by atoms with E-state index in [1.54, 1.807) is 18.9 Å². The van der Waals surface area contributed by atoms with Crippen LogP contribution in [0, 0.1) is 0 Å². The van der Waals surface area contributed by atoms with E-state index in [1.165, 1.54) is 0 Å². The molecule has 1 heterocycles. The zero-order chi connectivity index (χ0) is 13.3. The topological polar surface area (TPSA) is 64.9 Å². The number of halogens is 1.